The molecule has 1 aliphatic rings. The highest BCUT2D eigenvalue weighted by Crippen LogP contribution is 2.17. The number of rotatable bonds is 2. The first kappa shape index (κ1) is 10.5. The molecule has 82 valence electrons. The number of anilines is 1. The number of nitrogens with one attached hydrogen (secondary N) is 2. The van der Waals surface area contributed by atoms with Crippen molar-refractivity contribution in [1.29, 1.82) is 5.26 Å². The molecule has 0 aliphatic carbocycles. The van der Waals surface area contributed by atoms with Crippen LogP contribution >= 0.6 is 0 Å². The van der Waals surface area contributed by atoms with E-state index in [9.17, 15) is 4.79 Å². The molecule has 0 aromatic heterocycles. The van der Waals surface area contributed by atoms with E-state index < -0.39 is 0 Å². The Morgan fingerprint density at radius 3 is 2.94 bits per heavy atom. The second-order valence-electron chi connectivity index (χ2n) is 3.84. The van der Waals surface area contributed by atoms with Gasteiger partial charge in [-0.1, -0.05) is 12.1 Å². The van der Waals surface area contributed by atoms with Crippen LogP contribution in [-0.4, -0.2) is 18.5 Å². The highest BCUT2D eigenvalue weighted by Gasteiger charge is 2.18. The van der Waals surface area contributed by atoms with Gasteiger partial charge in [0.25, 0.3) is 0 Å². The van der Waals surface area contributed by atoms with E-state index >= 15 is 0 Å². The van der Waals surface area contributed by atoms with E-state index in [-0.39, 0.29) is 11.9 Å². The molecular weight excluding hydrogens is 202 g/mol. The van der Waals surface area contributed by atoms with Crippen LogP contribution in [0.25, 0.3) is 0 Å². The molecule has 4 heteroatoms. The first-order valence-electron chi connectivity index (χ1n) is 5.32. The molecule has 1 aromatic rings. The summed E-state index contributed by atoms with van der Waals surface area (Å²) in [6, 6.07) is 9.76. The van der Waals surface area contributed by atoms with Crippen LogP contribution in [0.15, 0.2) is 24.3 Å². The number of amides is 1. The molecule has 16 heavy (non-hydrogen) atoms. The predicted molar refractivity (Wildman–Crippen MR) is 60.8 cm³/mol. The average Bonchev–Trinajstić information content (AvgIpc) is 2.33. The van der Waals surface area contributed by atoms with Gasteiger partial charge in [-0.2, -0.15) is 5.26 Å². The van der Waals surface area contributed by atoms with Crippen LogP contribution in [-0.2, 0) is 4.79 Å². The number of nitriles is 1. The van der Waals surface area contributed by atoms with E-state index in [4.69, 9.17) is 5.26 Å². The predicted octanol–water partition coefficient (Wildman–Crippen LogP) is 1.25. The zero-order chi connectivity index (χ0) is 11.4. The molecule has 2 N–H and O–H groups in total. The lowest BCUT2D eigenvalue weighted by atomic mass is 10.1. The molecule has 0 bridgehead atoms. The molecular formula is C12H13N3O. The third-order valence-electron chi connectivity index (χ3n) is 2.67. The molecule has 4 nitrogen and oxygen atoms in total. The number of hydrogen-bond donors (Lipinski definition) is 2. The van der Waals surface area contributed by atoms with Gasteiger partial charge in [-0.3, -0.25) is 4.79 Å². The Kier molecular flexibility index (Phi) is 3.06. The number of benzene rings is 1. The molecule has 1 aromatic carbocycles. The van der Waals surface area contributed by atoms with Crippen LogP contribution < -0.4 is 10.6 Å². The van der Waals surface area contributed by atoms with Crippen LogP contribution in [0.1, 0.15) is 18.4 Å². The van der Waals surface area contributed by atoms with Crippen molar-refractivity contribution in [2.75, 3.05) is 11.9 Å². The molecule has 0 saturated carbocycles. The van der Waals surface area contributed by atoms with Crippen molar-refractivity contribution in [3.63, 3.8) is 0 Å². The molecule has 1 amide bonds. The minimum atomic E-state index is 0.103. The second-order valence-corrected chi connectivity index (χ2v) is 3.84. The van der Waals surface area contributed by atoms with Gasteiger partial charge in [-0.05, 0) is 18.6 Å². The summed E-state index contributed by atoms with van der Waals surface area (Å²) in [6.07, 6.45) is 1.36. The number of nitrogens with zero attached hydrogens (tertiary/aromatic N) is 1. The molecule has 1 aliphatic heterocycles. The Bertz CT molecular complexity index is 426. The molecule has 0 spiro atoms. The van der Waals surface area contributed by atoms with E-state index in [0.717, 1.165) is 12.1 Å². The number of hydrogen-bond acceptors (Lipinski definition) is 3. The van der Waals surface area contributed by atoms with E-state index in [1.165, 1.54) is 0 Å². The molecule has 1 heterocycles. The first-order chi connectivity index (χ1) is 7.79. The van der Waals surface area contributed by atoms with Gasteiger partial charge in [-0.15, -0.1) is 0 Å². The van der Waals surface area contributed by atoms with Crippen molar-refractivity contribution in [2.45, 2.75) is 18.9 Å². The van der Waals surface area contributed by atoms with Gasteiger partial charge in [0.1, 0.15) is 6.07 Å². The normalized spacial score (nSPS) is 19.7. The van der Waals surface area contributed by atoms with Crippen molar-refractivity contribution in [2.24, 2.45) is 0 Å². The van der Waals surface area contributed by atoms with Crippen molar-refractivity contribution in [1.82, 2.24) is 5.32 Å². The Morgan fingerprint density at radius 1 is 1.44 bits per heavy atom. The summed E-state index contributed by atoms with van der Waals surface area (Å²) in [7, 11) is 0. The van der Waals surface area contributed by atoms with Crippen LogP contribution in [0.2, 0.25) is 0 Å². The van der Waals surface area contributed by atoms with Gasteiger partial charge in [-0.25, -0.2) is 0 Å². The fourth-order valence-electron chi connectivity index (χ4n) is 1.78. The Balaban J connectivity index is 2.04. The van der Waals surface area contributed by atoms with Crippen molar-refractivity contribution >= 4 is 11.6 Å². The fourth-order valence-corrected chi connectivity index (χ4v) is 1.78. The molecule has 1 unspecified atom stereocenters. The fraction of sp³-hybridized carbons (Fsp3) is 0.333. The highest BCUT2D eigenvalue weighted by molar-refractivity contribution is 5.77. The van der Waals surface area contributed by atoms with E-state index in [2.05, 4.69) is 16.7 Å². The summed E-state index contributed by atoms with van der Waals surface area (Å²) >= 11 is 0. The molecule has 1 saturated heterocycles. The second kappa shape index (κ2) is 4.67. The average molecular weight is 215 g/mol. The van der Waals surface area contributed by atoms with E-state index in [0.29, 0.717) is 18.5 Å². The molecule has 2 rings (SSSR count). The summed E-state index contributed by atoms with van der Waals surface area (Å²) < 4.78 is 0. The number of carbonyl (C=O) groups excluding carboxylic acids is 1. The van der Waals surface area contributed by atoms with Crippen molar-refractivity contribution in [3.8, 4) is 6.07 Å². The Labute approximate surface area is 94.3 Å². The Hall–Kier alpha value is -2.02. The molecule has 1 fully saturated rings. The lowest BCUT2D eigenvalue weighted by Gasteiger charge is -2.24. The monoisotopic (exact) mass is 215 g/mol. The quantitative estimate of drug-likeness (QED) is 0.780. The molecule has 1 atom stereocenters. The first-order valence-corrected chi connectivity index (χ1v) is 5.32. The molecule has 0 radical (unpaired) electrons. The van der Waals surface area contributed by atoms with Crippen molar-refractivity contribution < 1.29 is 4.79 Å². The van der Waals surface area contributed by atoms with Gasteiger partial charge in [0, 0.05) is 19.0 Å². The summed E-state index contributed by atoms with van der Waals surface area (Å²) in [4.78, 5) is 11.0. The number of carbonyl (C=O) groups is 1. The standard InChI is InChI=1S/C12H13N3O/c13-7-9-3-1-2-4-11(9)15-10-5-6-12(16)14-8-10/h1-4,10,15H,5-6,8H2,(H,14,16). The third kappa shape index (κ3) is 2.31. The lowest BCUT2D eigenvalue weighted by Crippen LogP contribution is -2.41. The van der Waals surface area contributed by atoms with Crippen LogP contribution in [0.4, 0.5) is 5.69 Å². The summed E-state index contributed by atoms with van der Waals surface area (Å²) in [5, 5.41) is 15.0. The minimum absolute atomic E-state index is 0.103. The van der Waals surface area contributed by atoms with Crippen LogP contribution in [0.5, 0.6) is 0 Å². The Morgan fingerprint density at radius 2 is 2.25 bits per heavy atom. The zero-order valence-corrected chi connectivity index (χ0v) is 8.86. The maximum atomic E-state index is 11.0. The SMILES string of the molecule is N#Cc1ccccc1NC1CCC(=O)NC1. The van der Waals surface area contributed by atoms with Gasteiger partial charge in [0.15, 0.2) is 0 Å². The maximum Gasteiger partial charge on any atom is 0.220 e. The van der Waals surface area contributed by atoms with Crippen LogP contribution in [0, 0.1) is 11.3 Å². The topological polar surface area (TPSA) is 64.9 Å². The van der Waals surface area contributed by atoms with Gasteiger partial charge < -0.3 is 10.6 Å². The van der Waals surface area contributed by atoms with E-state index in [1.807, 2.05) is 18.2 Å². The third-order valence-corrected chi connectivity index (χ3v) is 2.67. The largest absolute Gasteiger partial charge is 0.379 e. The summed E-state index contributed by atoms with van der Waals surface area (Å²) in [5.74, 6) is 0.103. The van der Waals surface area contributed by atoms with E-state index in [1.54, 1.807) is 6.07 Å². The number of piperidine rings is 1. The highest BCUT2D eigenvalue weighted by atomic mass is 16.1. The summed E-state index contributed by atoms with van der Waals surface area (Å²) in [6.45, 7) is 0.624. The number of para-hydroxylation sites is 1. The summed E-state index contributed by atoms with van der Waals surface area (Å²) in [5.41, 5.74) is 1.48. The zero-order valence-electron chi connectivity index (χ0n) is 8.86. The van der Waals surface area contributed by atoms with Crippen molar-refractivity contribution in [3.05, 3.63) is 29.8 Å². The van der Waals surface area contributed by atoms with Gasteiger partial charge in [0.2, 0.25) is 5.91 Å². The smallest absolute Gasteiger partial charge is 0.220 e. The minimum Gasteiger partial charge on any atom is -0.379 e. The van der Waals surface area contributed by atoms with Crippen LogP contribution in [0.3, 0.4) is 0 Å². The lowest BCUT2D eigenvalue weighted by molar-refractivity contribution is -0.122. The van der Waals surface area contributed by atoms with Gasteiger partial charge >= 0.3 is 0 Å². The van der Waals surface area contributed by atoms with Gasteiger partial charge in [0.05, 0.1) is 11.3 Å². The maximum absolute atomic E-state index is 11.0.